The van der Waals surface area contributed by atoms with Gasteiger partial charge in [-0.25, -0.2) is 4.79 Å². The van der Waals surface area contributed by atoms with E-state index in [9.17, 15) is 4.79 Å². The van der Waals surface area contributed by atoms with Crippen LogP contribution in [0.2, 0.25) is 0 Å². The molecule has 1 fully saturated rings. The first kappa shape index (κ1) is 14.4. The van der Waals surface area contributed by atoms with Crippen molar-refractivity contribution in [2.45, 2.75) is 12.8 Å². The summed E-state index contributed by atoms with van der Waals surface area (Å²) in [6.45, 7) is 2.25. The SMILES string of the molecule is CN(C(=O)Nc1ccc(N2CCCC2)cc1)c1ccccc1. The molecule has 1 aliphatic heterocycles. The molecule has 0 bridgehead atoms. The number of anilines is 3. The van der Waals surface area contributed by atoms with Crippen LogP contribution >= 0.6 is 0 Å². The van der Waals surface area contributed by atoms with Crippen molar-refractivity contribution in [3.05, 3.63) is 54.6 Å². The molecule has 1 saturated heterocycles. The minimum absolute atomic E-state index is 0.139. The van der Waals surface area contributed by atoms with Crippen LogP contribution in [0, 0.1) is 0 Å². The number of benzene rings is 2. The number of amides is 2. The molecule has 2 aromatic carbocycles. The number of nitrogens with one attached hydrogen (secondary N) is 1. The van der Waals surface area contributed by atoms with Gasteiger partial charge in [-0.2, -0.15) is 0 Å². The highest BCUT2D eigenvalue weighted by molar-refractivity contribution is 6.01. The van der Waals surface area contributed by atoms with Crippen LogP contribution in [0.25, 0.3) is 0 Å². The van der Waals surface area contributed by atoms with Crippen molar-refractivity contribution < 1.29 is 4.79 Å². The van der Waals surface area contributed by atoms with Gasteiger partial charge < -0.3 is 10.2 Å². The zero-order chi connectivity index (χ0) is 15.4. The van der Waals surface area contributed by atoms with Gasteiger partial charge in [0, 0.05) is 37.2 Å². The highest BCUT2D eigenvalue weighted by Crippen LogP contribution is 2.22. The van der Waals surface area contributed by atoms with Crippen LogP contribution < -0.4 is 15.1 Å². The van der Waals surface area contributed by atoms with E-state index in [0.717, 1.165) is 24.5 Å². The highest BCUT2D eigenvalue weighted by atomic mass is 16.2. The highest BCUT2D eigenvalue weighted by Gasteiger charge is 2.13. The number of hydrogen-bond acceptors (Lipinski definition) is 2. The fourth-order valence-corrected chi connectivity index (χ4v) is 2.71. The van der Waals surface area contributed by atoms with Crippen molar-refractivity contribution in [3.63, 3.8) is 0 Å². The van der Waals surface area contributed by atoms with E-state index in [1.54, 1.807) is 11.9 Å². The summed E-state index contributed by atoms with van der Waals surface area (Å²) in [5.74, 6) is 0. The van der Waals surface area contributed by atoms with Crippen molar-refractivity contribution >= 4 is 23.1 Å². The number of carbonyl (C=O) groups is 1. The van der Waals surface area contributed by atoms with Gasteiger partial charge >= 0.3 is 6.03 Å². The molecule has 114 valence electrons. The lowest BCUT2D eigenvalue weighted by Crippen LogP contribution is -2.31. The van der Waals surface area contributed by atoms with E-state index >= 15 is 0 Å². The van der Waals surface area contributed by atoms with Crippen LogP contribution in [0.1, 0.15) is 12.8 Å². The van der Waals surface area contributed by atoms with Gasteiger partial charge in [-0.05, 0) is 49.2 Å². The first-order valence-corrected chi connectivity index (χ1v) is 7.69. The Morgan fingerprint density at radius 2 is 1.64 bits per heavy atom. The first-order valence-electron chi connectivity index (χ1n) is 7.69. The molecule has 0 aliphatic carbocycles. The second kappa shape index (κ2) is 6.52. The molecule has 3 rings (SSSR count). The third kappa shape index (κ3) is 3.22. The van der Waals surface area contributed by atoms with Gasteiger partial charge in [0.25, 0.3) is 0 Å². The molecule has 1 heterocycles. The van der Waals surface area contributed by atoms with Crippen LogP contribution in [-0.4, -0.2) is 26.2 Å². The number of nitrogens with zero attached hydrogens (tertiary/aromatic N) is 2. The van der Waals surface area contributed by atoms with Crippen LogP contribution in [0.5, 0.6) is 0 Å². The van der Waals surface area contributed by atoms with Gasteiger partial charge in [0.2, 0.25) is 0 Å². The molecule has 0 aromatic heterocycles. The maximum Gasteiger partial charge on any atom is 0.326 e. The molecule has 0 unspecified atom stereocenters. The maximum atomic E-state index is 12.3. The van der Waals surface area contributed by atoms with Gasteiger partial charge in [0.15, 0.2) is 0 Å². The molecule has 4 heteroatoms. The normalized spacial score (nSPS) is 14.0. The van der Waals surface area contributed by atoms with E-state index in [2.05, 4.69) is 22.3 Å². The lowest BCUT2D eigenvalue weighted by atomic mass is 10.2. The topological polar surface area (TPSA) is 35.6 Å². The van der Waals surface area contributed by atoms with E-state index in [4.69, 9.17) is 0 Å². The van der Waals surface area contributed by atoms with Crippen LogP contribution in [0.3, 0.4) is 0 Å². The molecule has 4 nitrogen and oxygen atoms in total. The quantitative estimate of drug-likeness (QED) is 0.930. The summed E-state index contributed by atoms with van der Waals surface area (Å²) >= 11 is 0. The van der Waals surface area contributed by atoms with Gasteiger partial charge in [-0.1, -0.05) is 18.2 Å². The fraction of sp³-hybridized carbons (Fsp3) is 0.278. The lowest BCUT2D eigenvalue weighted by molar-refractivity contribution is 0.258. The minimum atomic E-state index is -0.139. The average Bonchev–Trinajstić information content (AvgIpc) is 3.10. The van der Waals surface area contributed by atoms with Gasteiger partial charge in [-0.3, -0.25) is 4.90 Å². The Kier molecular flexibility index (Phi) is 4.28. The van der Waals surface area contributed by atoms with Gasteiger partial charge in [0.05, 0.1) is 0 Å². The Balaban J connectivity index is 1.64. The smallest absolute Gasteiger partial charge is 0.326 e. The van der Waals surface area contributed by atoms with Crippen LogP contribution in [0.15, 0.2) is 54.6 Å². The monoisotopic (exact) mass is 295 g/mol. The van der Waals surface area contributed by atoms with Crippen molar-refractivity contribution in [2.24, 2.45) is 0 Å². The molecule has 1 N–H and O–H groups in total. The number of urea groups is 1. The first-order chi connectivity index (χ1) is 10.7. The van der Waals surface area contributed by atoms with Crippen molar-refractivity contribution in [3.8, 4) is 0 Å². The summed E-state index contributed by atoms with van der Waals surface area (Å²) in [5.41, 5.74) is 2.91. The molecule has 0 spiro atoms. The zero-order valence-corrected chi connectivity index (χ0v) is 12.8. The zero-order valence-electron chi connectivity index (χ0n) is 12.8. The van der Waals surface area contributed by atoms with Crippen molar-refractivity contribution in [2.75, 3.05) is 35.3 Å². The fourth-order valence-electron chi connectivity index (χ4n) is 2.71. The van der Waals surface area contributed by atoms with Crippen molar-refractivity contribution in [1.29, 1.82) is 0 Å². The molecule has 22 heavy (non-hydrogen) atoms. The Labute approximate surface area is 131 Å². The number of rotatable bonds is 3. The van der Waals surface area contributed by atoms with E-state index in [1.165, 1.54) is 18.5 Å². The average molecular weight is 295 g/mol. The van der Waals surface area contributed by atoms with Crippen LogP contribution in [0.4, 0.5) is 21.9 Å². The van der Waals surface area contributed by atoms with E-state index in [-0.39, 0.29) is 6.03 Å². The molecule has 1 aliphatic rings. The van der Waals surface area contributed by atoms with E-state index in [0.29, 0.717) is 0 Å². The Morgan fingerprint density at radius 3 is 2.27 bits per heavy atom. The summed E-state index contributed by atoms with van der Waals surface area (Å²) in [5, 5.41) is 2.93. The number of hydrogen-bond donors (Lipinski definition) is 1. The van der Waals surface area contributed by atoms with Crippen molar-refractivity contribution in [1.82, 2.24) is 0 Å². The number of carbonyl (C=O) groups excluding carboxylic acids is 1. The molecular weight excluding hydrogens is 274 g/mol. The van der Waals surface area contributed by atoms with Gasteiger partial charge in [0.1, 0.15) is 0 Å². The second-order valence-corrected chi connectivity index (χ2v) is 5.57. The molecule has 0 atom stereocenters. The summed E-state index contributed by atoms with van der Waals surface area (Å²) < 4.78 is 0. The predicted molar refractivity (Wildman–Crippen MR) is 91.8 cm³/mol. The molecule has 0 radical (unpaired) electrons. The van der Waals surface area contributed by atoms with Crippen LogP contribution in [-0.2, 0) is 0 Å². The largest absolute Gasteiger partial charge is 0.372 e. The summed E-state index contributed by atoms with van der Waals surface area (Å²) in [7, 11) is 1.77. The van der Waals surface area contributed by atoms with Gasteiger partial charge in [-0.15, -0.1) is 0 Å². The van der Waals surface area contributed by atoms with E-state index in [1.807, 2.05) is 42.5 Å². The number of para-hydroxylation sites is 1. The summed E-state index contributed by atoms with van der Waals surface area (Å²) in [4.78, 5) is 16.2. The Morgan fingerprint density at radius 1 is 1.00 bits per heavy atom. The Hall–Kier alpha value is -2.49. The van der Waals surface area contributed by atoms with E-state index < -0.39 is 0 Å². The molecule has 2 amide bonds. The lowest BCUT2D eigenvalue weighted by Gasteiger charge is -2.20. The minimum Gasteiger partial charge on any atom is -0.372 e. The third-order valence-electron chi connectivity index (χ3n) is 4.04. The molecule has 0 saturated carbocycles. The summed E-state index contributed by atoms with van der Waals surface area (Å²) in [6, 6.07) is 17.5. The molecular formula is C18H21N3O. The standard InChI is InChI=1S/C18H21N3O/c1-20(16-7-3-2-4-8-16)18(22)19-15-9-11-17(12-10-15)21-13-5-6-14-21/h2-4,7-12H,5-6,13-14H2,1H3,(H,19,22). The Bertz CT molecular complexity index is 619. The summed E-state index contributed by atoms with van der Waals surface area (Å²) in [6.07, 6.45) is 2.53. The molecule has 2 aromatic rings. The predicted octanol–water partition coefficient (Wildman–Crippen LogP) is 3.96. The second-order valence-electron chi connectivity index (χ2n) is 5.57. The maximum absolute atomic E-state index is 12.3. The third-order valence-corrected chi connectivity index (χ3v) is 4.04.